The Labute approximate surface area is 164 Å². The standard InChI is InChI=1S/C21H27N3O4/c1-15(16-7-3-2-4-8-16)28-18-12-10-17(11-13-18)23-21(27)24-19(20(25)26)9-5-6-14-22/h2-4,7-8,10-13,15,19H,5-6,9,14,22H2,1H3,(H,25,26)(H2,23,24,27)/t15?,19-/m0/s1. The maximum Gasteiger partial charge on any atom is 0.326 e. The van der Waals surface area contributed by atoms with E-state index in [1.807, 2.05) is 37.3 Å². The zero-order valence-electron chi connectivity index (χ0n) is 15.9. The van der Waals surface area contributed by atoms with Crippen LogP contribution in [0, 0.1) is 0 Å². The topological polar surface area (TPSA) is 114 Å². The van der Waals surface area contributed by atoms with Crippen LogP contribution in [0.25, 0.3) is 0 Å². The first kappa shape index (κ1) is 21.2. The number of unbranched alkanes of at least 4 members (excludes halogenated alkanes) is 1. The fourth-order valence-corrected chi connectivity index (χ4v) is 2.69. The second-order valence-electron chi connectivity index (χ2n) is 6.47. The molecule has 7 nitrogen and oxygen atoms in total. The summed E-state index contributed by atoms with van der Waals surface area (Å²) >= 11 is 0. The lowest BCUT2D eigenvalue weighted by Crippen LogP contribution is -2.43. The van der Waals surface area contributed by atoms with Crippen LogP contribution in [0.4, 0.5) is 10.5 Å². The van der Waals surface area contributed by atoms with Crippen molar-refractivity contribution in [3.05, 3.63) is 60.2 Å². The predicted molar refractivity (Wildman–Crippen MR) is 108 cm³/mol. The van der Waals surface area contributed by atoms with Gasteiger partial charge in [-0.2, -0.15) is 0 Å². The number of urea groups is 1. The smallest absolute Gasteiger partial charge is 0.326 e. The van der Waals surface area contributed by atoms with Gasteiger partial charge in [-0.1, -0.05) is 30.3 Å². The maximum atomic E-state index is 12.1. The molecule has 0 spiro atoms. The number of nitrogens with two attached hydrogens (primary N) is 1. The highest BCUT2D eigenvalue weighted by atomic mass is 16.5. The number of rotatable bonds is 10. The summed E-state index contributed by atoms with van der Waals surface area (Å²) in [4.78, 5) is 23.3. The molecule has 2 atom stereocenters. The number of amides is 2. The van der Waals surface area contributed by atoms with Crippen molar-refractivity contribution < 1.29 is 19.4 Å². The van der Waals surface area contributed by atoms with Crippen molar-refractivity contribution in [3.8, 4) is 5.75 Å². The number of aliphatic carboxylic acids is 1. The minimum Gasteiger partial charge on any atom is -0.486 e. The second-order valence-corrected chi connectivity index (χ2v) is 6.47. The van der Waals surface area contributed by atoms with Crippen LogP contribution in [-0.4, -0.2) is 29.7 Å². The van der Waals surface area contributed by atoms with Gasteiger partial charge in [-0.25, -0.2) is 9.59 Å². The summed E-state index contributed by atoms with van der Waals surface area (Å²) in [5.41, 5.74) is 7.02. The number of anilines is 1. The Bertz CT molecular complexity index is 750. The van der Waals surface area contributed by atoms with Gasteiger partial charge < -0.3 is 26.2 Å². The first-order valence-electron chi connectivity index (χ1n) is 9.31. The molecular formula is C21H27N3O4. The fraction of sp³-hybridized carbons (Fsp3) is 0.333. The second kappa shape index (κ2) is 10.9. The molecule has 2 amide bonds. The number of carbonyl (C=O) groups is 2. The van der Waals surface area contributed by atoms with E-state index in [1.165, 1.54) is 0 Å². The van der Waals surface area contributed by atoms with Crippen LogP contribution in [0.3, 0.4) is 0 Å². The Hall–Kier alpha value is -3.06. The average molecular weight is 385 g/mol. The minimum atomic E-state index is -1.06. The molecule has 0 aliphatic rings. The summed E-state index contributed by atoms with van der Waals surface area (Å²) in [5.74, 6) is -0.390. The van der Waals surface area contributed by atoms with Crippen molar-refractivity contribution in [2.45, 2.75) is 38.3 Å². The van der Waals surface area contributed by atoms with Gasteiger partial charge in [0, 0.05) is 5.69 Å². The fourth-order valence-electron chi connectivity index (χ4n) is 2.69. The summed E-state index contributed by atoms with van der Waals surface area (Å²) in [6.45, 7) is 2.46. The van der Waals surface area contributed by atoms with Crippen LogP contribution in [0.2, 0.25) is 0 Å². The molecule has 0 bridgehead atoms. The van der Waals surface area contributed by atoms with Crippen LogP contribution < -0.4 is 21.1 Å². The lowest BCUT2D eigenvalue weighted by molar-refractivity contribution is -0.139. The summed E-state index contributed by atoms with van der Waals surface area (Å²) in [6, 6.07) is 15.3. The molecule has 2 rings (SSSR count). The number of nitrogens with one attached hydrogen (secondary N) is 2. The Balaban J connectivity index is 1.87. The molecule has 28 heavy (non-hydrogen) atoms. The van der Waals surface area contributed by atoms with E-state index in [0.29, 0.717) is 30.8 Å². The van der Waals surface area contributed by atoms with Gasteiger partial charge in [0.05, 0.1) is 0 Å². The molecule has 0 radical (unpaired) electrons. The highest BCUT2D eigenvalue weighted by Crippen LogP contribution is 2.23. The van der Waals surface area contributed by atoms with E-state index < -0.39 is 18.0 Å². The van der Waals surface area contributed by atoms with Crippen molar-refractivity contribution in [1.82, 2.24) is 5.32 Å². The third-order valence-electron chi connectivity index (χ3n) is 4.24. The van der Waals surface area contributed by atoms with Crippen molar-refractivity contribution in [2.75, 3.05) is 11.9 Å². The predicted octanol–water partition coefficient (Wildman–Crippen LogP) is 3.53. The number of carboxylic acids is 1. The lowest BCUT2D eigenvalue weighted by Gasteiger charge is -2.16. The van der Waals surface area contributed by atoms with Crippen LogP contribution in [0.15, 0.2) is 54.6 Å². The van der Waals surface area contributed by atoms with Crippen LogP contribution in [0.1, 0.15) is 37.9 Å². The number of carbonyl (C=O) groups excluding carboxylic acids is 1. The molecule has 1 unspecified atom stereocenters. The number of ether oxygens (including phenoxy) is 1. The number of carboxylic acid groups (broad SMARTS) is 1. The molecule has 0 saturated carbocycles. The molecule has 0 aliphatic heterocycles. The molecule has 2 aromatic rings. The third-order valence-corrected chi connectivity index (χ3v) is 4.24. The highest BCUT2D eigenvalue weighted by Gasteiger charge is 2.19. The van der Waals surface area contributed by atoms with Crippen LogP contribution >= 0.6 is 0 Å². The first-order valence-corrected chi connectivity index (χ1v) is 9.31. The van der Waals surface area contributed by atoms with E-state index in [1.54, 1.807) is 24.3 Å². The Morgan fingerprint density at radius 1 is 1.07 bits per heavy atom. The number of hydrogen-bond donors (Lipinski definition) is 4. The molecule has 2 aromatic carbocycles. The zero-order chi connectivity index (χ0) is 20.4. The van der Waals surface area contributed by atoms with E-state index >= 15 is 0 Å². The van der Waals surface area contributed by atoms with Gasteiger partial charge in [0.15, 0.2) is 0 Å². The quantitative estimate of drug-likeness (QED) is 0.467. The molecule has 0 aliphatic carbocycles. The summed E-state index contributed by atoms with van der Waals surface area (Å²) in [6.07, 6.45) is 1.59. The highest BCUT2D eigenvalue weighted by molar-refractivity contribution is 5.92. The average Bonchev–Trinajstić information content (AvgIpc) is 2.69. The van der Waals surface area contributed by atoms with E-state index in [9.17, 15) is 14.7 Å². The Kier molecular flexibility index (Phi) is 8.30. The molecule has 5 N–H and O–H groups in total. The van der Waals surface area contributed by atoms with Crippen molar-refractivity contribution in [2.24, 2.45) is 5.73 Å². The van der Waals surface area contributed by atoms with Crippen molar-refractivity contribution in [1.29, 1.82) is 0 Å². The molecule has 7 heteroatoms. The van der Waals surface area contributed by atoms with Gasteiger partial charge >= 0.3 is 12.0 Å². The summed E-state index contributed by atoms with van der Waals surface area (Å²) in [7, 11) is 0. The molecular weight excluding hydrogens is 358 g/mol. The van der Waals surface area contributed by atoms with E-state index in [2.05, 4.69) is 10.6 Å². The zero-order valence-corrected chi connectivity index (χ0v) is 15.9. The lowest BCUT2D eigenvalue weighted by atomic mass is 10.1. The Morgan fingerprint density at radius 2 is 1.75 bits per heavy atom. The van der Waals surface area contributed by atoms with Gasteiger partial charge in [-0.15, -0.1) is 0 Å². The number of benzene rings is 2. The van der Waals surface area contributed by atoms with Gasteiger partial charge in [-0.3, -0.25) is 0 Å². The van der Waals surface area contributed by atoms with Gasteiger partial charge in [-0.05, 0) is 62.6 Å². The van der Waals surface area contributed by atoms with Crippen molar-refractivity contribution in [3.63, 3.8) is 0 Å². The normalized spacial score (nSPS) is 12.6. The monoisotopic (exact) mass is 385 g/mol. The molecule has 0 fully saturated rings. The Morgan fingerprint density at radius 3 is 2.36 bits per heavy atom. The largest absolute Gasteiger partial charge is 0.486 e. The number of hydrogen-bond acceptors (Lipinski definition) is 4. The minimum absolute atomic E-state index is 0.104. The van der Waals surface area contributed by atoms with Crippen LogP contribution in [0.5, 0.6) is 5.75 Å². The van der Waals surface area contributed by atoms with Crippen molar-refractivity contribution >= 4 is 17.7 Å². The first-order chi connectivity index (χ1) is 13.5. The maximum absolute atomic E-state index is 12.1. The van der Waals surface area contributed by atoms with Gasteiger partial charge in [0.25, 0.3) is 0 Å². The molecule has 0 heterocycles. The van der Waals surface area contributed by atoms with Gasteiger partial charge in [0.1, 0.15) is 17.9 Å². The van der Waals surface area contributed by atoms with Gasteiger partial charge in [0.2, 0.25) is 0 Å². The molecule has 150 valence electrons. The van der Waals surface area contributed by atoms with E-state index in [0.717, 1.165) is 12.0 Å². The SMILES string of the molecule is CC(Oc1ccc(NC(=O)N[C@@H](CCCCN)C(=O)O)cc1)c1ccccc1. The van der Waals surface area contributed by atoms with E-state index in [-0.39, 0.29) is 6.10 Å². The molecule has 0 aromatic heterocycles. The molecule has 0 saturated heterocycles. The van der Waals surface area contributed by atoms with E-state index in [4.69, 9.17) is 10.5 Å². The summed E-state index contributed by atoms with van der Waals surface area (Å²) < 4.78 is 5.90. The summed E-state index contributed by atoms with van der Waals surface area (Å²) in [5, 5.41) is 14.3. The third kappa shape index (κ3) is 6.92. The van der Waals surface area contributed by atoms with Crippen LogP contribution in [-0.2, 0) is 4.79 Å².